The molecule has 0 saturated carbocycles. The minimum atomic E-state index is -0.148. The molecular weight excluding hydrogens is 212 g/mol. The maximum absolute atomic E-state index is 6.34. The van der Waals surface area contributed by atoms with E-state index in [0.29, 0.717) is 0 Å². The Kier molecular flexibility index (Phi) is 2.17. The molecule has 1 unspecified atom stereocenters. The van der Waals surface area contributed by atoms with E-state index >= 15 is 0 Å². The Bertz CT molecular complexity index is 468. The van der Waals surface area contributed by atoms with Gasteiger partial charge in [0.1, 0.15) is 11.4 Å². The van der Waals surface area contributed by atoms with Gasteiger partial charge < -0.3 is 15.4 Å². The highest BCUT2D eigenvalue weighted by molar-refractivity contribution is 5.65. The maximum atomic E-state index is 6.34. The summed E-state index contributed by atoms with van der Waals surface area (Å²) in [5.41, 5.74) is 10.2. The number of nitrogens with zero attached hydrogens (tertiary/aromatic N) is 1. The van der Waals surface area contributed by atoms with E-state index in [1.807, 2.05) is 0 Å². The van der Waals surface area contributed by atoms with Crippen molar-refractivity contribution >= 4 is 5.69 Å². The fourth-order valence-electron chi connectivity index (χ4n) is 3.12. The van der Waals surface area contributed by atoms with Crippen LogP contribution in [0.3, 0.4) is 0 Å². The Balaban J connectivity index is 2.14. The number of hydrogen-bond acceptors (Lipinski definition) is 3. The van der Waals surface area contributed by atoms with E-state index < -0.39 is 0 Å². The third-order valence-electron chi connectivity index (χ3n) is 3.87. The van der Waals surface area contributed by atoms with Crippen LogP contribution in [-0.2, 0) is 6.42 Å². The Hall–Kier alpha value is -1.22. The molecule has 2 heterocycles. The van der Waals surface area contributed by atoms with Gasteiger partial charge in [-0.3, -0.25) is 0 Å². The van der Waals surface area contributed by atoms with Gasteiger partial charge in [0.2, 0.25) is 0 Å². The number of hydrogen-bond donors (Lipinski definition) is 1. The van der Waals surface area contributed by atoms with Crippen molar-refractivity contribution in [3.63, 3.8) is 0 Å². The molecule has 0 spiro atoms. The fourth-order valence-corrected chi connectivity index (χ4v) is 3.12. The third-order valence-corrected chi connectivity index (χ3v) is 3.87. The fraction of sp³-hybridized carbons (Fsp3) is 0.571. The van der Waals surface area contributed by atoms with Crippen molar-refractivity contribution in [1.29, 1.82) is 0 Å². The second kappa shape index (κ2) is 3.39. The monoisotopic (exact) mass is 232 g/mol. The molecule has 0 aliphatic carbocycles. The van der Waals surface area contributed by atoms with Crippen LogP contribution in [0.4, 0.5) is 5.69 Å². The van der Waals surface area contributed by atoms with Gasteiger partial charge in [0.25, 0.3) is 0 Å². The SMILES string of the molecule is CN1CCc2c1ccc1c2C(N)CC(C)(C)O1. The zero-order valence-corrected chi connectivity index (χ0v) is 10.8. The van der Waals surface area contributed by atoms with Crippen molar-refractivity contribution < 1.29 is 4.74 Å². The van der Waals surface area contributed by atoms with E-state index in [2.05, 4.69) is 37.9 Å². The topological polar surface area (TPSA) is 38.5 Å². The second-order valence-electron chi connectivity index (χ2n) is 5.82. The molecule has 1 atom stereocenters. The van der Waals surface area contributed by atoms with Crippen LogP contribution in [-0.4, -0.2) is 19.2 Å². The first-order valence-corrected chi connectivity index (χ1v) is 6.29. The van der Waals surface area contributed by atoms with Gasteiger partial charge in [-0.1, -0.05) is 0 Å². The van der Waals surface area contributed by atoms with Crippen LogP contribution in [0.15, 0.2) is 12.1 Å². The van der Waals surface area contributed by atoms with Crippen molar-refractivity contribution in [2.45, 2.75) is 38.3 Å². The molecule has 92 valence electrons. The van der Waals surface area contributed by atoms with E-state index in [1.54, 1.807) is 0 Å². The molecule has 3 nitrogen and oxygen atoms in total. The molecule has 17 heavy (non-hydrogen) atoms. The van der Waals surface area contributed by atoms with E-state index in [0.717, 1.165) is 25.1 Å². The Morgan fingerprint density at radius 2 is 2.18 bits per heavy atom. The highest BCUT2D eigenvalue weighted by Gasteiger charge is 2.35. The van der Waals surface area contributed by atoms with E-state index in [9.17, 15) is 0 Å². The molecule has 3 rings (SSSR count). The molecule has 3 heteroatoms. The average molecular weight is 232 g/mol. The smallest absolute Gasteiger partial charge is 0.125 e. The lowest BCUT2D eigenvalue weighted by molar-refractivity contribution is 0.0726. The summed E-state index contributed by atoms with van der Waals surface area (Å²) in [6, 6.07) is 4.35. The molecule has 0 aromatic heterocycles. The van der Waals surface area contributed by atoms with Gasteiger partial charge in [0.05, 0.1) is 0 Å². The molecular formula is C14H20N2O. The Morgan fingerprint density at radius 3 is 2.94 bits per heavy atom. The molecule has 2 aliphatic rings. The quantitative estimate of drug-likeness (QED) is 0.745. The molecule has 0 saturated heterocycles. The van der Waals surface area contributed by atoms with Gasteiger partial charge in [0, 0.05) is 37.3 Å². The second-order valence-corrected chi connectivity index (χ2v) is 5.82. The molecule has 2 N–H and O–H groups in total. The largest absolute Gasteiger partial charge is 0.487 e. The number of likely N-dealkylation sites (N-methyl/N-ethyl adjacent to an activating group) is 1. The summed E-state index contributed by atoms with van der Waals surface area (Å²) in [5.74, 6) is 0.989. The van der Waals surface area contributed by atoms with Crippen LogP contribution in [0.1, 0.15) is 37.4 Å². The number of nitrogens with two attached hydrogens (primary N) is 1. The van der Waals surface area contributed by atoms with Gasteiger partial charge in [0.15, 0.2) is 0 Å². The van der Waals surface area contributed by atoms with Gasteiger partial charge in [-0.05, 0) is 38.0 Å². The first-order chi connectivity index (χ1) is 7.98. The lowest BCUT2D eigenvalue weighted by Gasteiger charge is -2.37. The minimum absolute atomic E-state index is 0.107. The zero-order valence-electron chi connectivity index (χ0n) is 10.8. The maximum Gasteiger partial charge on any atom is 0.125 e. The number of ether oxygens (including phenoxy) is 1. The summed E-state index contributed by atoms with van der Waals surface area (Å²) in [5, 5.41) is 0. The number of benzene rings is 1. The molecule has 1 aromatic rings. The summed E-state index contributed by atoms with van der Waals surface area (Å²) in [6.45, 7) is 5.30. The minimum Gasteiger partial charge on any atom is -0.487 e. The first kappa shape index (κ1) is 10.9. The van der Waals surface area contributed by atoms with Gasteiger partial charge in [-0.2, -0.15) is 0 Å². The Labute approximate surface area is 103 Å². The van der Waals surface area contributed by atoms with E-state index in [4.69, 9.17) is 10.5 Å². The lowest BCUT2D eigenvalue weighted by Crippen LogP contribution is -2.37. The standard InChI is InChI=1S/C14H20N2O/c1-14(2)8-10(15)13-9-6-7-16(3)11(9)4-5-12(13)17-14/h4-5,10H,6-8,15H2,1-3H3. The Morgan fingerprint density at radius 1 is 1.41 bits per heavy atom. The highest BCUT2D eigenvalue weighted by Crippen LogP contribution is 2.44. The molecule has 0 bridgehead atoms. The number of anilines is 1. The van der Waals surface area contributed by atoms with Gasteiger partial charge in [-0.15, -0.1) is 0 Å². The summed E-state index contributed by atoms with van der Waals surface area (Å²) < 4.78 is 6.05. The van der Waals surface area contributed by atoms with Crippen LogP contribution >= 0.6 is 0 Å². The van der Waals surface area contributed by atoms with Crippen molar-refractivity contribution in [3.05, 3.63) is 23.3 Å². The lowest BCUT2D eigenvalue weighted by atomic mass is 9.87. The van der Waals surface area contributed by atoms with Crippen molar-refractivity contribution in [3.8, 4) is 5.75 Å². The molecule has 2 aliphatic heterocycles. The normalized spacial score (nSPS) is 25.2. The van der Waals surface area contributed by atoms with Gasteiger partial charge >= 0.3 is 0 Å². The molecule has 0 radical (unpaired) electrons. The van der Waals surface area contributed by atoms with Crippen molar-refractivity contribution in [2.24, 2.45) is 5.73 Å². The molecule has 1 aromatic carbocycles. The van der Waals surface area contributed by atoms with Crippen LogP contribution in [0.5, 0.6) is 5.75 Å². The number of fused-ring (bicyclic) bond motifs is 3. The van der Waals surface area contributed by atoms with E-state index in [-0.39, 0.29) is 11.6 Å². The first-order valence-electron chi connectivity index (χ1n) is 6.29. The average Bonchev–Trinajstić information content (AvgIpc) is 2.57. The van der Waals surface area contributed by atoms with Gasteiger partial charge in [-0.25, -0.2) is 0 Å². The van der Waals surface area contributed by atoms with E-state index in [1.165, 1.54) is 16.8 Å². The highest BCUT2D eigenvalue weighted by atomic mass is 16.5. The van der Waals surface area contributed by atoms with Crippen LogP contribution < -0.4 is 15.4 Å². The van der Waals surface area contributed by atoms with Crippen molar-refractivity contribution in [2.75, 3.05) is 18.5 Å². The predicted molar refractivity (Wildman–Crippen MR) is 69.7 cm³/mol. The van der Waals surface area contributed by atoms with Crippen molar-refractivity contribution in [1.82, 2.24) is 0 Å². The third kappa shape index (κ3) is 1.61. The summed E-state index contributed by atoms with van der Waals surface area (Å²) in [7, 11) is 2.14. The summed E-state index contributed by atoms with van der Waals surface area (Å²) in [4.78, 5) is 2.29. The number of rotatable bonds is 0. The van der Waals surface area contributed by atoms with Crippen LogP contribution in [0.2, 0.25) is 0 Å². The molecule has 0 fully saturated rings. The van der Waals surface area contributed by atoms with Crippen LogP contribution in [0, 0.1) is 0 Å². The summed E-state index contributed by atoms with van der Waals surface area (Å²) >= 11 is 0. The van der Waals surface area contributed by atoms with Crippen LogP contribution in [0.25, 0.3) is 0 Å². The molecule has 0 amide bonds. The summed E-state index contributed by atoms with van der Waals surface area (Å²) in [6.07, 6.45) is 1.98. The predicted octanol–water partition coefficient (Wildman–Crippen LogP) is 2.24. The zero-order chi connectivity index (χ0) is 12.2.